The Morgan fingerprint density at radius 3 is 2.71 bits per heavy atom. The molecule has 0 spiro atoms. The van der Waals surface area contributed by atoms with Crippen molar-refractivity contribution in [2.24, 2.45) is 4.99 Å². The van der Waals surface area contributed by atoms with Crippen molar-refractivity contribution >= 4 is 17.7 Å². The molecule has 1 aliphatic carbocycles. The lowest BCUT2D eigenvalue weighted by atomic mass is 9.87. The molecule has 1 fully saturated rings. The van der Waals surface area contributed by atoms with Crippen molar-refractivity contribution in [2.45, 2.75) is 31.2 Å². The highest BCUT2D eigenvalue weighted by Crippen LogP contribution is 2.55. The lowest BCUT2D eigenvalue weighted by molar-refractivity contribution is 0.165. The van der Waals surface area contributed by atoms with Crippen LogP contribution in [0.25, 0.3) is 0 Å². The van der Waals surface area contributed by atoms with E-state index in [9.17, 15) is 4.79 Å². The SMILES string of the molecule is COc1c(Cl)cc2c(c1C1(N=C=O)CCCC1)OCCO2. The second-order valence-electron chi connectivity index (χ2n) is 5.23. The highest BCUT2D eigenvalue weighted by molar-refractivity contribution is 6.32. The van der Waals surface area contributed by atoms with Gasteiger partial charge in [0.2, 0.25) is 6.08 Å². The first-order valence-corrected chi connectivity index (χ1v) is 7.35. The number of nitrogens with zero attached hydrogens (tertiary/aromatic N) is 1. The number of isocyanates is 1. The molecule has 0 amide bonds. The van der Waals surface area contributed by atoms with Crippen LogP contribution in [0.5, 0.6) is 17.2 Å². The number of hydrogen-bond donors (Lipinski definition) is 0. The topological polar surface area (TPSA) is 57.1 Å². The average Bonchev–Trinajstić information content (AvgIpc) is 2.95. The zero-order valence-electron chi connectivity index (χ0n) is 11.8. The number of carbonyl (C=O) groups excluding carboxylic acids is 1. The van der Waals surface area contributed by atoms with E-state index in [4.69, 9.17) is 25.8 Å². The maximum atomic E-state index is 11.0. The van der Waals surface area contributed by atoms with E-state index in [-0.39, 0.29) is 0 Å². The summed E-state index contributed by atoms with van der Waals surface area (Å²) in [6.45, 7) is 0.921. The Morgan fingerprint density at radius 1 is 1.33 bits per heavy atom. The molecular weight excluding hydrogens is 294 g/mol. The molecule has 5 nitrogen and oxygen atoms in total. The zero-order chi connectivity index (χ0) is 14.9. The van der Waals surface area contributed by atoms with Crippen molar-refractivity contribution in [3.8, 4) is 17.2 Å². The summed E-state index contributed by atoms with van der Waals surface area (Å²) in [5.74, 6) is 1.67. The van der Waals surface area contributed by atoms with Gasteiger partial charge in [-0.15, -0.1) is 0 Å². The van der Waals surface area contributed by atoms with Gasteiger partial charge < -0.3 is 14.2 Å². The molecule has 0 bridgehead atoms. The van der Waals surface area contributed by atoms with E-state index in [1.54, 1.807) is 19.3 Å². The maximum Gasteiger partial charge on any atom is 0.235 e. The van der Waals surface area contributed by atoms with Gasteiger partial charge in [0.1, 0.15) is 24.5 Å². The monoisotopic (exact) mass is 309 g/mol. The highest BCUT2D eigenvalue weighted by atomic mass is 35.5. The molecule has 0 aromatic heterocycles. The number of halogens is 1. The number of aliphatic imine (C=N–C) groups is 1. The number of methoxy groups -OCH3 is 1. The number of rotatable bonds is 3. The predicted molar refractivity (Wildman–Crippen MR) is 77.3 cm³/mol. The molecule has 1 aromatic rings. The van der Waals surface area contributed by atoms with Crippen LogP contribution in [0.1, 0.15) is 31.2 Å². The van der Waals surface area contributed by atoms with Crippen molar-refractivity contribution in [1.29, 1.82) is 0 Å². The molecular formula is C15H16ClNO4. The summed E-state index contributed by atoms with van der Waals surface area (Å²) in [6.07, 6.45) is 5.16. The van der Waals surface area contributed by atoms with E-state index < -0.39 is 5.54 Å². The third-order valence-corrected chi connectivity index (χ3v) is 4.38. The largest absolute Gasteiger partial charge is 0.495 e. The molecule has 1 heterocycles. The number of fused-ring (bicyclic) bond motifs is 1. The summed E-state index contributed by atoms with van der Waals surface area (Å²) in [5, 5.41) is 0.434. The standard InChI is InChI=1S/C15H16ClNO4/c1-19-13-10(16)8-11-14(21-7-6-20-11)12(13)15(17-9-18)4-2-3-5-15/h8H,2-7H2,1H3. The third-order valence-electron chi connectivity index (χ3n) is 4.10. The van der Waals surface area contributed by atoms with E-state index in [2.05, 4.69) is 4.99 Å². The predicted octanol–water partition coefficient (Wildman–Crippen LogP) is 3.22. The Labute approximate surface area is 127 Å². The summed E-state index contributed by atoms with van der Waals surface area (Å²) in [7, 11) is 1.55. The van der Waals surface area contributed by atoms with Gasteiger partial charge >= 0.3 is 0 Å². The first kappa shape index (κ1) is 14.2. The van der Waals surface area contributed by atoms with Gasteiger partial charge in [0.05, 0.1) is 17.7 Å². The summed E-state index contributed by atoms with van der Waals surface area (Å²) < 4.78 is 16.9. The molecule has 2 aliphatic rings. The minimum atomic E-state index is -0.678. The zero-order valence-corrected chi connectivity index (χ0v) is 12.5. The second-order valence-corrected chi connectivity index (χ2v) is 5.64. The van der Waals surface area contributed by atoms with E-state index in [0.29, 0.717) is 41.0 Å². The fourth-order valence-electron chi connectivity index (χ4n) is 3.22. The molecule has 112 valence electrons. The molecule has 0 atom stereocenters. The quantitative estimate of drug-likeness (QED) is 0.635. The van der Waals surface area contributed by atoms with Crippen LogP contribution in [-0.4, -0.2) is 26.4 Å². The Kier molecular flexibility index (Phi) is 3.79. The summed E-state index contributed by atoms with van der Waals surface area (Å²) in [4.78, 5) is 15.1. The van der Waals surface area contributed by atoms with Gasteiger partial charge in [-0.1, -0.05) is 24.4 Å². The molecule has 21 heavy (non-hydrogen) atoms. The smallest absolute Gasteiger partial charge is 0.235 e. The van der Waals surface area contributed by atoms with Crippen LogP contribution in [0.3, 0.4) is 0 Å². The molecule has 3 rings (SSSR count). The number of ether oxygens (including phenoxy) is 3. The van der Waals surface area contributed by atoms with E-state index in [1.807, 2.05) is 0 Å². The van der Waals surface area contributed by atoms with Crippen LogP contribution in [0.15, 0.2) is 11.1 Å². The van der Waals surface area contributed by atoms with Crippen molar-refractivity contribution in [1.82, 2.24) is 0 Å². The normalized spacial score (nSPS) is 19.0. The van der Waals surface area contributed by atoms with Gasteiger partial charge in [-0.2, -0.15) is 4.99 Å². The van der Waals surface area contributed by atoms with Crippen molar-refractivity contribution < 1.29 is 19.0 Å². The Morgan fingerprint density at radius 2 is 2.05 bits per heavy atom. The van der Waals surface area contributed by atoms with Gasteiger partial charge in [-0.3, -0.25) is 0 Å². The molecule has 0 N–H and O–H groups in total. The van der Waals surface area contributed by atoms with Crippen LogP contribution < -0.4 is 14.2 Å². The molecule has 6 heteroatoms. The molecule has 0 radical (unpaired) electrons. The number of benzene rings is 1. The molecule has 1 aromatic carbocycles. The van der Waals surface area contributed by atoms with Crippen LogP contribution in [0.4, 0.5) is 0 Å². The molecule has 0 unspecified atom stereocenters. The van der Waals surface area contributed by atoms with Crippen LogP contribution in [-0.2, 0) is 10.3 Å². The molecule has 1 saturated carbocycles. The van der Waals surface area contributed by atoms with Gasteiger partial charge in [0.15, 0.2) is 11.5 Å². The maximum absolute atomic E-state index is 11.0. The van der Waals surface area contributed by atoms with Crippen molar-refractivity contribution in [3.05, 3.63) is 16.7 Å². The fourth-order valence-corrected chi connectivity index (χ4v) is 3.50. The molecule has 0 saturated heterocycles. The lowest BCUT2D eigenvalue weighted by Gasteiger charge is -2.31. The minimum Gasteiger partial charge on any atom is -0.495 e. The summed E-state index contributed by atoms with van der Waals surface area (Å²) >= 11 is 6.31. The van der Waals surface area contributed by atoms with Gasteiger partial charge in [-0.05, 0) is 12.8 Å². The van der Waals surface area contributed by atoms with Crippen LogP contribution >= 0.6 is 11.6 Å². The Bertz CT molecular complexity index is 604. The van der Waals surface area contributed by atoms with Crippen LogP contribution in [0, 0.1) is 0 Å². The Balaban J connectivity index is 2.28. The second kappa shape index (κ2) is 5.58. The summed E-state index contributed by atoms with van der Waals surface area (Å²) in [5.41, 5.74) is 0.0380. The van der Waals surface area contributed by atoms with Crippen molar-refractivity contribution in [2.75, 3.05) is 20.3 Å². The number of hydrogen-bond acceptors (Lipinski definition) is 5. The van der Waals surface area contributed by atoms with Gasteiger partial charge in [0.25, 0.3) is 0 Å². The van der Waals surface area contributed by atoms with E-state index >= 15 is 0 Å². The fraction of sp³-hybridized carbons (Fsp3) is 0.533. The van der Waals surface area contributed by atoms with Gasteiger partial charge in [0, 0.05) is 6.07 Å². The Hall–Kier alpha value is -1.71. The van der Waals surface area contributed by atoms with Crippen molar-refractivity contribution in [3.63, 3.8) is 0 Å². The average molecular weight is 310 g/mol. The molecule has 1 aliphatic heterocycles. The van der Waals surface area contributed by atoms with E-state index in [1.165, 1.54) is 0 Å². The third kappa shape index (κ3) is 2.27. The van der Waals surface area contributed by atoms with E-state index in [0.717, 1.165) is 25.7 Å². The lowest BCUT2D eigenvalue weighted by Crippen LogP contribution is -2.25. The highest BCUT2D eigenvalue weighted by Gasteiger charge is 2.43. The van der Waals surface area contributed by atoms with Gasteiger partial charge in [-0.25, -0.2) is 4.79 Å². The van der Waals surface area contributed by atoms with Crippen LogP contribution in [0.2, 0.25) is 5.02 Å². The first-order valence-electron chi connectivity index (χ1n) is 6.97. The minimum absolute atomic E-state index is 0.434. The first-order chi connectivity index (χ1) is 10.2. The summed E-state index contributed by atoms with van der Waals surface area (Å²) in [6, 6.07) is 1.69.